The maximum atomic E-state index is 12.7. The van der Waals surface area contributed by atoms with Gasteiger partial charge in [-0.05, 0) is 41.7 Å². The van der Waals surface area contributed by atoms with E-state index in [1.54, 1.807) is 43.5 Å². The van der Waals surface area contributed by atoms with Gasteiger partial charge in [0.15, 0.2) is 11.5 Å². The third-order valence-corrected chi connectivity index (χ3v) is 4.49. The number of para-hydroxylation sites is 1. The number of hydrogen-bond donors (Lipinski definition) is 1. The second kappa shape index (κ2) is 9.04. The van der Waals surface area contributed by atoms with Gasteiger partial charge in [-0.25, -0.2) is 4.79 Å². The maximum absolute atomic E-state index is 12.7. The lowest BCUT2D eigenvalue weighted by atomic mass is 9.98. The zero-order valence-corrected chi connectivity index (χ0v) is 18.3. The third kappa shape index (κ3) is 5.12. The van der Waals surface area contributed by atoms with Crippen molar-refractivity contribution in [3.05, 3.63) is 81.0 Å². The molecule has 1 aromatic heterocycles. The summed E-state index contributed by atoms with van der Waals surface area (Å²) in [6.45, 7) is 10.6. The Morgan fingerprint density at radius 1 is 1.19 bits per heavy atom. The minimum atomic E-state index is -0.608. The number of H-pyrrole nitrogens is 1. The Bertz CT molecular complexity index is 1250. The van der Waals surface area contributed by atoms with Crippen molar-refractivity contribution < 1.29 is 9.47 Å². The molecule has 0 saturated heterocycles. The van der Waals surface area contributed by atoms with Crippen molar-refractivity contribution in [3.8, 4) is 11.5 Å². The molecule has 3 rings (SSSR count). The van der Waals surface area contributed by atoms with Crippen LogP contribution in [-0.2, 0) is 6.42 Å². The van der Waals surface area contributed by atoms with Gasteiger partial charge in [-0.1, -0.05) is 39.0 Å². The van der Waals surface area contributed by atoms with E-state index in [-0.39, 0.29) is 5.41 Å². The van der Waals surface area contributed by atoms with Gasteiger partial charge in [-0.3, -0.25) is 4.79 Å². The number of nitrogens with zero attached hydrogens (tertiary/aromatic N) is 2. The van der Waals surface area contributed by atoms with Crippen molar-refractivity contribution in [1.82, 2.24) is 9.66 Å². The summed E-state index contributed by atoms with van der Waals surface area (Å²) in [5.74, 6) is 1.19. The second-order valence-corrected chi connectivity index (χ2v) is 8.39. The van der Waals surface area contributed by atoms with Crippen molar-refractivity contribution in [2.45, 2.75) is 27.2 Å². The number of ether oxygens (including phenoxy) is 2. The van der Waals surface area contributed by atoms with Crippen LogP contribution >= 0.6 is 0 Å². The number of allylic oxidation sites excluding steroid dienone is 1. The molecule has 0 fully saturated rings. The minimum absolute atomic E-state index is 0.0190. The number of nitrogens with one attached hydrogen (secondary N) is 1. The van der Waals surface area contributed by atoms with Crippen LogP contribution in [0.5, 0.6) is 11.5 Å². The standard InChI is InChI=1S/C24H27N3O4/c1-6-9-17-12-16(13-20(30-5)21(17)31-15-24(2,3)4)14-25-27-22(28)18-10-7-8-11-19(18)26-23(27)29/h6-8,10-14H,1,9,15H2,2-5H3,(H,26,29). The number of benzene rings is 2. The monoisotopic (exact) mass is 421 g/mol. The van der Waals surface area contributed by atoms with Crippen molar-refractivity contribution in [2.75, 3.05) is 13.7 Å². The van der Waals surface area contributed by atoms with E-state index in [0.717, 1.165) is 10.2 Å². The molecule has 1 heterocycles. The van der Waals surface area contributed by atoms with Gasteiger partial charge in [0.1, 0.15) is 0 Å². The number of fused-ring (bicyclic) bond motifs is 1. The summed E-state index contributed by atoms with van der Waals surface area (Å²) in [6, 6.07) is 10.4. The van der Waals surface area contributed by atoms with E-state index in [4.69, 9.17) is 9.47 Å². The van der Waals surface area contributed by atoms with E-state index in [0.29, 0.717) is 41.0 Å². The largest absolute Gasteiger partial charge is 0.493 e. The molecule has 162 valence electrons. The lowest BCUT2D eigenvalue weighted by molar-refractivity contribution is 0.190. The predicted octanol–water partition coefficient (Wildman–Crippen LogP) is 3.73. The van der Waals surface area contributed by atoms with Crippen LogP contribution in [0, 0.1) is 5.41 Å². The second-order valence-electron chi connectivity index (χ2n) is 8.39. The summed E-state index contributed by atoms with van der Waals surface area (Å²) in [7, 11) is 1.57. The number of aromatic nitrogens is 2. The lowest BCUT2D eigenvalue weighted by Crippen LogP contribution is -2.32. The van der Waals surface area contributed by atoms with Crippen molar-refractivity contribution >= 4 is 17.1 Å². The Balaban J connectivity index is 2.04. The highest BCUT2D eigenvalue weighted by atomic mass is 16.5. The van der Waals surface area contributed by atoms with E-state index in [1.165, 1.54) is 6.21 Å². The molecule has 0 aliphatic heterocycles. The van der Waals surface area contributed by atoms with E-state index in [9.17, 15) is 9.59 Å². The normalized spacial score (nSPS) is 11.7. The van der Waals surface area contributed by atoms with E-state index in [1.807, 2.05) is 6.07 Å². The number of rotatable bonds is 7. The first-order chi connectivity index (χ1) is 14.7. The van der Waals surface area contributed by atoms with E-state index >= 15 is 0 Å². The van der Waals surface area contributed by atoms with Gasteiger partial charge in [0.2, 0.25) is 0 Å². The van der Waals surface area contributed by atoms with Gasteiger partial charge in [0.05, 0.1) is 30.8 Å². The van der Waals surface area contributed by atoms with Crippen LogP contribution in [0.1, 0.15) is 31.9 Å². The summed E-state index contributed by atoms with van der Waals surface area (Å²) in [5.41, 5.74) is 0.896. The first-order valence-corrected chi connectivity index (χ1v) is 9.96. The summed E-state index contributed by atoms with van der Waals surface area (Å²) >= 11 is 0. The summed E-state index contributed by atoms with van der Waals surface area (Å²) in [6.07, 6.45) is 3.79. The highest BCUT2D eigenvalue weighted by Gasteiger charge is 2.17. The Labute approximate surface area is 180 Å². The summed E-state index contributed by atoms with van der Waals surface area (Å²) in [4.78, 5) is 27.7. The molecule has 0 spiro atoms. The van der Waals surface area contributed by atoms with Crippen LogP contribution < -0.4 is 20.7 Å². The van der Waals surface area contributed by atoms with Crippen LogP contribution in [0.4, 0.5) is 0 Å². The number of methoxy groups -OCH3 is 1. The van der Waals surface area contributed by atoms with Crippen molar-refractivity contribution in [2.24, 2.45) is 10.5 Å². The van der Waals surface area contributed by atoms with Gasteiger partial charge >= 0.3 is 5.69 Å². The lowest BCUT2D eigenvalue weighted by Gasteiger charge is -2.22. The fourth-order valence-corrected chi connectivity index (χ4v) is 3.05. The molecule has 0 bridgehead atoms. The molecule has 0 radical (unpaired) electrons. The SMILES string of the molecule is C=CCc1cc(C=Nn2c(=O)[nH]c3ccccc3c2=O)cc(OC)c1OCC(C)(C)C. The zero-order valence-electron chi connectivity index (χ0n) is 18.3. The van der Waals surface area contributed by atoms with E-state index in [2.05, 4.69) is 37.4 Å². The Morgan fingerprint density at radius 3 is 2.61 bits per heavy atom. The molecule has 7 heteroatoms. The van der Waals surface area contributed by atoms with Gasteiger partial charge in [-0.2, -0.15) is 5.10 Å². The van der Waals surface area contributed by atoms with Crippen LogP contribution in [0.3, 0.4) is 0 Å². The first-order valence-electron chi connectivity index (χ1n) is 9.96. The minimum Gasteiger partial charge on any atom is -0.493 e. The fourth-order valence-electron chi connectivity index (χ4n) is 3.05. The quantitative estimate of drug-likeness (QED) is 0.465. The van der Waals surface area contributed by atoms with Crippen LogP contribution in [0.15, 0.2) is 63.7 Å². The molecule has 0 aliphatic rings. The zero-order chi connectivity index (χ0) is 22.6. The molecule has 3 aromatic rings. The average Bonchev–Trinajstić information content (AvgIpc) is 2.72. The molecule has 2 aromatic carbocycles. The molecule has 7 nitrogen and oxygen atoms in total. The smallest absolute Gasteiger partial charge is 0.349 e. The topological polar surface area (TPSA) is 85.7 Å². The van der Waals surface area contributed by atoms with E-state index < -0.39 is 11.2 Å². The summed E-state index contributed by atoms with van der Waals surface area (Å²) < 4.78 is 12.4. The fraction of sp³-hybridized carbons (Fsp3) is 0.292. The van der Waals surface area contributed by atoms with Gasteiger partial charge in [0, 0.05) is 5.56 Å². The predicted molar refractivity (Wildman–Crippen MR) is 124 cm³/mol. The van der Waals surface area contributed by atoms with Gasteiger partial charge < -0.3 is 14.5 Å². The molecular formula is C24H27N3O4. The number of aromatic amines is 1. The maximum Gasteiger partial charge on any atom is 0.349 e. The van der Waals surface area contributed by atoms with Crippen LogP contribution in [0.2, 0.25) is 0 Å². The highest BCUT2D eigenvalue weighted by molar-refractivity contribution is 5.82. The third-order valence-electron chi connectivity index (χ3n) is 4.49. The Kier molecular flexibility index (Phi) is 6.44. The molecular weight excluding hydrogens is 394 g/mol. The molecule has 31 heavy (non-hydrogen) atoms. The van der Waals surface area contributed by atoms with Crippen LogP contribution in [-0.4, -0.2) is 29.6 Å². The molecule has 0 saturated carbocycles. The molecule has 0 unspecified atom stereocenters. The Hall–Kier alpha value is -3.61. The molecule has 0 atom stereocenters. The van der Waals surface area contributed by atoms with Crippen LogP contribution in [0.25, 0.3) is 10.9 Å². The summed E-state index contributed by atoms with van der Waals surface area (Å²) in [5, 5.41) is 4.51. The van der Waals surface area contributed by atoms with Crippen molar-refractivity contribution in [3.63, 3.8) is 0 Å². The van der Waals surface area contributed by atoms with Gasteiger partial charge in [0.25, 0.3) is 5.56 Å². The molecule has 0 amide bonds. The number of hydrogen-bond acceptors (Lipinski definition) is 5. The highest BCUT2D eigenvalue weighted by Crippen LogP contribution is 2.34. The van der Waals surface area contributed by atoms with Crippen molar-refractivity contribution in [1.29, 1.82) is 0 Å². The molecule has 0 aliphatic carbocycles. The Morgan fingerprint density at radius 2 is 1.94 bits per heavy atom. The average molecular weight is 421 g/mol. The molecule has 1 N–H and O–H groups in total. The first kappa shape index (κ1) is 22.1. The van der Waals surface area contributed by atoms with Gasteiger partial charge in [-0.15, -0.1) is 11.3 Å².